The van der Waals surface area contributed by atoms with E-state index in [1.165, 1.54) is 0 Å². The van der Waals surface area contributed by atoms with E-state index in [9.17, 15) is 13.2 Å². The highest BCUT2D eigenvalue weighted by atomic mass is 32.2. The van der Waals surface area contributed by atoms with Gasteiger partial charge in [0.25, 0.3) is 0 Å². The van der Waals surface area contributed by atoms with Crippen LogP contribution in [0.3, 0.4) is 0 Å². The van der Waals surface area contributed by atoms with Gasteiger partial charge in [0.1, 0.15) is 6.04 Å². The molecule has 0 radical (unpaired) electrons. The second-order valence-corrected chi connectivity index (χ2v) is 8.23. The van der Waals surface area contributed by atoms with Crippen LogP contribution >= 0.6 is 0 Å². The summed E-state index contributed by atoms with van der Waals surface area (Å²) in [6.07, 6.45) is 0.515. The summed E-state index contributed by atoms with van der Waals surface area (Å²) in [5.41, 5.74) is 1.86. The number of ether oxygens (including phenoxy) is 1. The number of benzene rings is 1. The molecule has 1 heterocycles. The Morgan fingerprint density at radius 3 is 2.83 bits per heavy atom. The van der Waals surface area contributed by atoms with Gasteiger partial charge < -0.3 is 15.0 Å². The summed E-state index contributed by atoms with van der Waals surface area (Å²) in [4.78, 5) is 14.1. The number of hydrogen-bond donors (Lipinski definition) is 1. The van der Waals surface area contributed by atoms with Crippen LogP contribution in [-0.4, -0.2) is 57.0 Å². The number of nitrogens with zero attached hydrogens (tertiary/aromatic N) is 1. The van der Waals surface area contributed by atoms with Crippen molar-refractivity contribution < 1.29 is 17.9 Å². The van der Waals surface area contributed by atoms with E-state index in [1.807, 2.05) is 24.3 Å². The van der Waals surface area contributed by atoms with Gasteiger partial charge in [0.05, 0.1) is 18.1 Å². The minimum absolute atomic E-state index is 0.0608. The summed E-state index contributed by atoms with van der Waals surface area (Å²) >= 11 is 0. The smallest absolute Gasteiger partial charge is 0.244 e. The van der Waals surface area contributed by atoms with Crippen LogP contribution in [0.2, 0.25) is 0 Å². The third-order valence-electron chi connectivity index (χ3n) is 4.10. The topological polar surface area (TPSA) is 75.7 Å². The van der Waals surface area contributed by atoms with Gasteiger partial charge in [-0.1, -0.05) is 12.1 Å². The van der Waals surface area contributed by atoms with Crippen LogP contribution in [0.5, 0.6) is 0 Å². The maximum Gasteiger partial charge on any atom is 0.244 e. The Labute approximate surface area is 137 Å². The number of amides is 1. The van der Waals surface area contributed by atoms with Crippen LogP contribution in [0, 0.1) is 0 Å². The van der Waals surface area contributed by atoms with Crippen molar-refractivity contribution in [1.82, 2.24) is 4.90 Å². The van der Waals surface area contributed by atoms with Gasteiger partial charge in [-0.2, -0.15) is 0 Å². The molecule has 0 bridgehead atoms. The molecular formula is C16H24N2O4S. The van der Waals surface area contributed by atoms with Crippen LogP contribution in [0.1, 0.15) is 18.9 Å². The molecule has 0 saturated carbocycles. The molecule has 1 aromatic carbocycles. The second kappa shape index (κ2) is 7.31. The molecule has 128 valence electrons. The summed E-state index contributed by atoms with van der Waals surface area (Å²) in [6.45, 7) is 2.29. The molecule has 7 heteroatoms. The van der Waals surface area contributed by atoms with E-state index in [2.05, 4.69) is 5.32 Å². The van der Waals surface area contributed by atoms with Crippen molar-refractivity contribution in [3.8, 4) is 0 Å². The molecule has 1 aliphatic heterocycles. The first-order chi connectivity index (χ1) is 10.8. The van der Waals surface area contributed by atoms with Gasteiger partial charge in [0.2, 0.25) is 5.91 Å². The molecule has 1 amide bonds. The van der Waals surface area contributed by atoms with Crippen LogP contribution < -0.4 is 5.32 Å². The lowest BCUT2D eigenvalue weighted by Gasteiger charge is -2.27. The number of carbonyl (C=O) groups excluding carboxylic acids is 1. The second-order valence-electron chi connectivity index (χ2n) is 6.01. The first kappa shape index (κ1) is 17.7. The summed E-state index contributed by atoms with van der Waals surface area (Å²) < 4.78 is 28.2. The minimum atomic E-state index is -3.00. The molecule has 1 N–H and O–H groups in total. The summed E-state index contributed by atoms with van der Waals surface area (Å²) in [6, 6.07) is 7.03. The highest BCUT2D eigenvalue weighted by molar-refractivity contribution is 7.91. The lowest BCUT2D eigenvalue weighted by molar-refractivity contribution is -0.132. The van der Waals surface area contributed by atoms with Crippen LogP contribution in [-0.2, 0) is 26.0 Å². The number of hydrogen-bond acceptors (Lipinski definition) is 5. The SMILES string of the molecule is COCc1cccc(N[C@@H](C)C(=O)N(C)[C@H]2CCS(=O)(=O)C2)c1. The zero-order valence-electron chi connectivity index (χ0n) is 13.8. The Morgan fingerprint density at radius 2 is 2.22 bits per heavy atom. The predicted molar refractivity (Wildman–Crippen MR) is 90.1 cm³/mol. The molecule has 0 aromatic heterocycles. The van der Waals surface area contributed by atoms with Crippen molar-refractivity contribution in [1.29, 1.82) is 0 Å². The minimum Gasteiger partial charge on any atom is -0.380 e. The van der Waals surface area contributed by atoms with Crippen LogP contribution in [0.4, 0.5) is 5.69 Å². The van der Waals surface area contributed by atoms with Crippen molar-refractivity contribution in [2.24, 2.45) is 0 Å². The lowest BCUT2D eigenvalue weighted by Crippen LogP contribution is -2.45. The molecule has 0 aliphatic carbocycles. The zero-order chi connectivity index (χ0) is 17.0. The monoisotopic (exact) mass is 340 g/mol. The van der Waals surface area contributed by atoms with Gasteiger partial charge in [0, 0.05) is 25.9 Å². The molecule has 0 spiro atoms. The molecular weight excluding hydrogens is 316 g/mol. The third-order valence-corrected chi connectivity index (χ3v) is 5.85. The van der Waals surface area contributed by atoms with E-state index in [1.54, 1.807) is 26.0 Å². The molecule has 2 atom stereocenters. The number of rotatable bonds is 6. The van der Waals surface area contributed by atoms with Crippen LogP contribution in [0.25, 0.3) is 0 Å². The molecule has 23 heavy (non-hydrogen) atoms. The Bertz CT molecular complexity index is 660. The molecule has 0 unspecified atom stereocenters. The van der Waals surface area contributed by atoms with Crippen molar-refractivity contribution in [2.75, 3.05) is 31.0 Å². The summed E-state index contributed by atoms with van der Waals surface area (Å²) in [5, 5.41) is 3.17. The fourth-order valence-corrected chi connectivity index (χ4v) is 4.57. The highest BCUT2D eigenvalue weighted by Gasteiger charge is 2.34. The summed E-state index contributed by atoms with van der Waals surface area (Å²) in [5.74, 6) is 0.116. The van der Waals surface area contributed by atoms with E-state index < -0.39 is 15.9 Å². The van der Waals surface area contributed by atoms with Gasteiger partial charge in [-0.25, -0.2) is 8.42 Å². The number of sulfone groups is 1. The Hall–Kier alpha value is -1.60. The van der Waals surface area contributed by atoms with E-state index in [0.717, 1.165) is 11.3 Å². The fourth-order valence-electron chi connectivity index (χ4n) is 2.80. The largest absolute Gasteiger partial charge is 0.380 e. The number of likely N-dealkylation sites (N-methyl/N-ethyl adjacent to an activating group) is 1. The maximum absolute atomic E-state index is 12.5. The molecule has 2 rings (SSSR count). The van der Waals surface area contributed by atoms with Gasteiger partial charge >= 0.3 is 0 Å². The summed E-state index contributed by atoms with van der Waals surface area (Å²) in [7, 11) is 0.311. The fraction of sp³-hybridized carbons (Fsp3) is 0.562. The van der Waals surface area contributed by atoms with E-state index in [4.69, 9.17) is 4.74 Å². The predicted octanol–water partition coefficient (Wildman–Crippen LogP) is 1.28. The Kier molecular flexibility index (Phi) is 5.64. The highest BCUT2D eigenvalue weighted by Crippen LogP contribution is 2.18. The van der Waals surface area contributed by atoms with Crippen LogP contribution in [0.15, 0.2) is 24.3 Å². The quantitative estimate of drug-likeness (QED) is 0.844. The van der Waals surface area contributed by atoms with E-state index >= 15 is 0 Å². The van der Waals surface area contributed by atoms with Crippen molar-refractivity contribution >= 4 is 21.4 Å². The lowest BCUT2D eigenvalue weighted by atomic mass is 10.1. The maximum atomic E-state index is 12.5. The number of anilines is 1. The average Bonchev–Trinajstić information content (AvgIpc) is 2.86. The van der Waals surface area contributed by atoms with E-state index in [-0.39, 0.29) is 23.5 Å². The van der Waals surface area contributed by atoms with E-state index in [0.29, 0.717) is 13.0 Å². The van der Waals surface area contributed by atoms with Gasteiger partial charge in [0.15, 0.2) is 9.84 Å². The molecule has 1 fully saturated rings. The molecule has 1 aliphatic rings. The Balaban J connectivity index is 1.98. The molecule has 1 saturated heterocycles. The normalized spacial score (nSPS) is 20.9. The van der Waals surface area contributed by atoms with Gasteiger partial charge in [-0.15, -0.1) is 0 Å². The Morgan fingerprint density at radius 1 is 1.48 bits per heavy atom. The van der Waals surface area contributed by atoms with Gasteiger partial charge in [-0.05, 0) is 31.0 Å². The third kappa shape index (κ3) is 4.68. The molecule has 1 aromatic rings. The number of carbonyl (C=O) groups is 1. The standard InChI is InChI=1S/C16H24N2O4S/c1-12(17-14-6-4-5-13(9-14)10-22-3)16(19)18(2)15-7-8-23(20,21)11-15/h4-6,9,12,15,17H,7-8,10-11H2,1-3H3/t12-,15-/m0/s1. The number of nitrogens with one attached hydrogen (secondary N) is 1. The molecule has 6 nitrogen and oxygen atoms in total. The first-order valence-electron chi connectivity index (χ1n) is 7.64. The average molecular weight is 340 g/mol. The first-order valence-corrected chi connectivity index (χ1v) is 9.46. The van der Waals surface area contributed by atoms with Crippen molar-refractivity contribution in [2.45, 2.75) is 32.0 Å². The van der Waals surface area contributed by atoms with Crippen molar-refractivity contribution in [3.63, 3.8) is 0 Å². The van der Waals surface area contributed by atoms with Crippen molar-refractivity contribution in [3.05, 3.63) is 29.8 Å². The van der Waals surface area contributed by atoms with Gasteiger partial charge in [-0.3, -0.25) is 4.79 Å². The number of methoxy groups -OCH3 is 1. The zero-order valence-corrected chi connectivity index (χ0v) is 14.6.